The van der Waals surface area contributed by atoms with Gasteiger partial charge in [0, 0.05) is 44.3 Å². The summed E-state index contributed by atoms with van der Waals surface area (Å²) in [5.41, 5.74) is -1.15. The standard InChI is InChI=1S/C26H23ClF3N3O3/c1-16(34)31-10-12-32(13-11-31)25-21(29)14-19-24(23(25)30)33(9-8-28)15-20(26(19)36)22(35)7-4-17-2-5-18(27)6-3-17/h2-7,14-15H,8-13H2,1H3/b7-4+. The third kappa shape index (κ3) is 5.02. The van der Waals surface area contributed by atoms with Crippen LogP contribution >= 0.6 is 11.6 Å². The van der Waals surface area contributed by atoms with Gasteiger partial charge in [0.2, 0.25) is 11.3 Å². The molecule has 0 aliphatic carbocycles. The number of piperazine rings is 1. The Bertz CT molecular complexity index is 1410. The van der Waals surface area contributed by atoms with E-state index in [1.165, 1.54) is 24.0 Å². The van der Waals surface area contributed by atoms with Crippen molar-refractivity contribution in [3.8, 4) is 0 Å². The van der Waals surface area contributed by atoms with Crippen LogP contribution in [0.1, 0.15) is 22.8 Å². The van der Waals surface area contributed by atoms with Gasteiger partial charge >= 0.3 is 0 Å². The summed E-state index contributed by atoms with van der Waals surface area (Å²) in [5, 5.41) is 0.168. The van der Waals surface area contributed by atoms with Crippen molar-refractivity contribution in [2.75, 3.05) is 37.8 Å². The summed E-state index contributed by atoms with van der Waals surface area (Å²) in [5.74, 6) is -2.80. The van der Waals surface area contributed by atoms with Gasteiger partial charge in [-0.2, -0.15) is 0 Å². The number of carbonyl (C=O) groups excluding carboxylic acids is 2. The summed E-state index contributed by atoms with van der Waals surface area (Å²) in [7, 11) is 0. The van der Waals surface area contributed by atoms with Gasteiger partial charge in [-0.1, -0.05) is 29.8 Å². The molecule has 1 aliphatic heterocycles. The minimum Gasteiger partial charge on any atom is -0.363 e. The number of hydrogen-bond acceptors (Lipinski definition) is 4. The lowest BCUT2D eigenvalue weighted by Crippen LogP contribution is -2.48. The fourth-order valence-electron chi connectivity index (χ4n) is 4.29. The molecule has 1 fully saturated rings. The van der Waals surface area contributed by atoms with Crippen molar-refractivity contribution in [2.45, 2.75) is 13.5 Å². The van der Waals surface area contributed by atoms with Crippen LogP contribution in [0.5, 0.6) is 0 Å². The number of aryl methyl sites for hydroxylation is 1. The van der Waals surface area contributed by atoms with Crippen LogP contribution in [0.15, 0.2) is 47.4 Å². The van der Waals surface area contributed by atoms with Crippen molar-refractivity contribution in [1.82, 2.24) is 9.47 Å². The number of rotatable bonds is 6. The van der Waals surface area contributed by atoms with E-state index in [1.807, 2.05) is 0 Å². The Labute approximate surface area is 210 Å². The zero-order chi connectivity index (χ0) is 26.0. The molecule has 188 valence electrons. The van der Waals surface area contributed by atoms with E-state index in [4.69, 9.17) is 11.6 Å². The minimum absolute atomic E-state index is 0.131. The highest BCUT2D eigenvalue weighted by Crippen LogP contribution is 2.31. The number of anilines is 1. The molecule has 1 amide bonds. The molecule has 0 unspecified atom stereocenters. The Morgan fingerprint density at radius 1 is 1.08 bits per heavy atom. The van der Waals surface area contributed by atoms with E-state index in [9.17, 15) is 18.8 Å². The summed E-state index contributed by atoms with van der Waals surface area (Å²) >= 11 is 5.85. The molecule has 0 N–H and O–H groups in total. The van der Waals surface area contributed by atoms with Crippen LogP contribution in [0.2, 0.25) is 5.02 Å². The number of allylic oxidation sites excluding steroid dienone is 1. The Kier molecular flexibility index (Phi) is 7.49. The molecule has 3 aromatic rings. The van der Waals surface area contributed by atoms with E-state index in [2.05, 4.69) is 0 Å². The highest BCUT2D eigenvalue weighted by Gasteiger charge is 2.27. The van der Waals surface area contributed by atoms with Crippen molar-refractivity contribution in [3.63, 3.8) is 0 Å². The lowest BCUT2D eigenvalue weighted by atomic mass is 10.0. The molecule has 2 aromatic carbocycles. The first-order chi connectivity index (χ1) is 17.2. The molecule has 0 atom stereocenters. The lowest BCUT2D eigenvalue weighted by Gasteiger charge is -2.36. The molecule has 6 nitrogen and oxygen atoms in total. The number of alkyl halides is 1. The molecule has 1 saturated heterocycles. The van der Waals surface area contributed by atoms with Gasteiger partial charge in [-0.05, 0) is 29.8 Å². The Hall–Kier alpha value is -3.59. The highest BCUT2D eigenvalue weighted by atomic mass is 35.5. The van der Waals surface area contributed by atoms with Gasteiger partial charge in [-0.25, -0.2) is 13.2 Å². The number of amides is 1. The second-order valence-electron chi connectivity index (χ2n) is 8.41. The van der Waals surface area contributed by atoms with Gasteiger partial charge in [-0.15, -0.1) is 0 Å². The Morgan fingerprint density at radius 3 is 2.36 bits per heavy atom. The number of aromatic nitrogens is 1. The summed E-state index contributed by atoms with van der Waals surface area (Å²) < 4.78 is 45.4. The summed E-state index contributed by atoms with van der Waals surface area (Å²) in [6.07, 6.45) is 3.76. The molecule has 1 aromatic heterocycles. The number of benzene rings is 2. The van der Waals surface area contributed by atoms with Crippen molar-refractivity contribution >= 4 is 46.0 Å². The van der Waals surface area contributed by atoms with Crippen LogP contribution in [0.25, 0.3) is 17.0 Å². The number of carbonyl (C=O) groups is 2. The molecule has 0 bridgehead atoms. The van der Waals surface area contributed by atoms with Crippen LogP contribution in [-0.2, 0) is 11.3 Å². The number of pyridine rings is 1. The lowest BCUT2D eigenvalue weighted by molar-refractivity contribution is -0.129. The third-order valence-corrected chi connectivity index (χ3v) is 6.41. The molecule has 0 spiro atoms. The maximum absolute atomic E-state index is 15.7. The van der Waals surface area contributed by atoms with Crippen LogP contribution < -0.4 is 10.3 Å². The van der Waals surface area contributed by atoms with E-state index in [0.717, 1.165) is 16.8 Å². The molecule has 1 aliphatic rings. The first-order valence-corrected chi connectivity index (χ1v) is 11.7. The van der Waals surface area contributed by atoms with Gasteiger partial charge in [0.05, 0.1) is 23.0 Å². The third-order valence-electron chi connectivity index (χ3n) is 6.16. The average molecular weight is 518 g/mol. The van der Waals surface area contributed by atoms with Gasteiger partial charge in [0.25, 0.3) is 0 Å². The quantitative estimate of drug-likeness (QED) is 0.358. The van der Waals surface area contributed by atoms with Crippen LogP contribution in [0.3, 0.4) is 0 Å². The number of hydrogen-bond donors (Lipinski definition) is 0. The smallest absolute Gasteiger partial charge is 0.219 e. The van der Waals surface area contributed by atoms with Gasteiger partial charge in [-0.3, -0.25) is 14.4 Å². The highest BCUT2D eigenvalue weighted by molar-refractivity contribution is 6.30. The zero-order valence-electron chi connectivity index (χ0n) is 19.4. The molecule has 0 radical (unpaired) electrons. The number of fused-ring (bicyclic) bond motifs is 1. The normalized spacial score (nSPS) is 14.1. The Balaban J connectivity index is 1.77. The number of halogens is 4. The fourth-order valence-corrected chi connectivity index (χ4v) is 4.42. The summed E-state index contributed by atoms with van der Waals surface area (Å²) in [4.78, 5) is 40.6. The molecule has 36 heavy (non-hydrogen) atoms. The monoisotopic (exact) mass is 517 g/mol. The van der Waals surface area contributed by atoms with Crippen molar-refractivity contribution in [1.29, 1.82) is 0 Å². The van der Waals surface area contributed by atoms with E-state index >= 15 is 8.78 Å². The van der Waals surface area contributed by atoms with Gasteiger partial charge in [0.1, 0.15) is 18.2 Å². The predicted octanol–water partition coefficient (Wildman–Crippen LogP) is 4.47. The van der Waals surface area contributed by atoms with Crippen LogP contribution in [0.4, 0.5) is 18.9 Å². The maximum Gasteiger partial charge on any atom is 0.219 e. The number of ketones is 1. The zero-order valence-corrected chi connectivity index (χ0v) is 20.2. The van der Waals surface area contributed by atoms with E-state index in [0.29, 0.717) is 10.6 Å². The minimum atomic E-state index is -1.01. The van der Waals surface area contributed by atoms with Gasteiger partial charge < -0.3 is 14.4 Å². The topological polar surface area (TPSA) is 62.6 Å². The molecule has 0 saturated carbocycles. The summed E-state index contributed by atoms with van der Waals surface area (Å²) in [6, 6.07) is 7.52. The Morgan fingerprint density at radius 2 is 1.75 bits per heavy atom. The predicted molar refractivity (Wildman–Crippen MR) is 133 cm³/mol. The molecule has 10 heteroatoms. The van der Waals surface area contributed by atoms with E-state index < -0.39 is 29.5 Å². The van der Waals surface area contributed by atoms with Gasteiger partial charge in [0.15, 0.2) is 11.6 Å². The maximum atomic E-state index is 15.7. The molecular weight excluding hydrogens is 495 g/mol. The largest absolute Gasteiger partial charge is 0.363 e. The number of nitrogens with zero attached hydrogens (tertiary/aromatic N) is 3. The van der Waals surface area contributed by atoms with Crippen molar-refractivity contribution in [2.24, 2.45) is 0 Å². The van der Waals surface area contributed by atoms with Crippen LogP contribution in [-0.4, -0.2) is 54.0 Å². The summed E-state index contributed by atoms with van der Waals surface area (Å²) in [6.45, 7) is 1.16. The van der Waals surface area contributed by atoms with Crippen molar-refractivity contribution < 1.29 is 22.8 Å². The first-order valence-electron chi connectivity index (χ1n) is 11.3. The first kappa shape index (κ1) is 25.5. The molecule has 4 rings (SSSR count). The van der Waals surface area contributed by atoms with Crippen LogP contribution in [0, 0.1) is 11.6 Å². The van der Waals surface area contributed by atoms with E-state index in [-0.39, 0.29) is 60.8 Å². The average Bonchev–Trinajstić information content (AvgIpc) is 2.85. The molecular formula is C26H23ClF3N3O3. The second kappa shape index (κ2) is 10.6. The van der Waals surface area contributed by atoms with Crippen molar-refractivity contribution in [3.05, 3.63) is 80.6 Å². The fraction of sp³-hybridized carbons (Fsp3) is 0.269. The SMILES string of the molecule is CC(=O)N1CCN(c2c(F)cc3c(=O)c(C(=O)/C=C/c4ccc(Cl)cc4)cn(CCF)c3c2F)CC1. The van der Waals surface area contributed by atoms with E-state index in [1.54, 1.807) is 29.2 Å². The second-order valence-corrected chi connectivity index (χ2v) is 8.85. The molecule has 2 heterocycles.